The third-order valence-electron chi connectivity index (χ3n) is 5.87. The molecule has 240 valence electrons. The second kappa shape index (κ2) is 17.3. The average molecular weight is 742 g/mol. The molecule has 0 heterocycles. The summed E-state index contributed by atoms with van der Waals surface area (Å²) in [5.41, 5.74) is 0. The van der Waals surface area contributed by atoms with Gasteiger partial charge < -0.3 is 18.9 Å². The van der Waals surface area contributed by atoms with Crippen molar-refractivity contribution in [2.45, 2.75) is 104 Å². The Kier molecular flexibility index (Phi) is 17.2. The molecule has 9 heteroatoms. The zero-order chi connectivity index (χ0) is 32.4. The Balaban J connectivity index is 0.000000712. The van der Waals surface area contributed by atoms with Crippen molar-refractivity contribution in [2.24, 2.45) is 0 Å². The van der Waals surface area contributed by atoms with Crippen molar-refractivity contribution in [3.63, 3.8) is 0 Å². The summed E-state index contributed by atoms with van der Waals surface area (Å²) in [7, 11) is 15.8. The van der Waals surface area contributed by atoms with E-state index in [1.54, 1.807) is 28.4 Å². The first-order chi connectivity index (χ1) is 18.6. The van der Waals surface area contributed by atoms with E-state index >= 15 is 0 Å². The number of hydrogen-bond acceptors (Lipinski definition) is 4. The molecular weight excluding hydrogens is 688 g/mol. The topological polar surface area (TPSA) is 36.9 Å². The van der Waals surface area contributed by atoms with Gasteiger partial charge in [0.1, 0.15) is 23.0 Å². The Morgan fingerprint density at radius 2 is 0.610 bits per heavy atom. The molecule has 0 aliphatic heterocycles. The summed E-state index contributed by atoms with van der Waals surface area (Å²) in [5, 5.41) is 3.64. The van der Waals surface area contributed by atoms with Crippen LogP contribution in [0.3, 0.4) is 0 Å². The number of methoxy groups -OCH3 is 4. The van der Waals surface area contributed by atoms with Crippen molar-refractivity contribution < 1.29 is 34.9 Å². The van der Waals surface area contributed by atoms with Crippen molar-refractivity contribution in [3.8, 4) is 23.0 Å². The van der Waals surface area contributed by atoms with Crippen molar-refractivity contribution in [1.82, 2.24) is 0 Å². The van der Waals surface area contributed by atoms with Crippen molar-refractivity contribution in [1.29, 1.82) is 0 Å². The van der Waals surface area contributed by atoms with E-state index in [0.29, 0.717) is 0 Å². The minimum absolute atomic E-state index is 0.106. The SMILES string of the molecule is COc1cc(OC)cc(P(C(C)(C)C)C(C)(C)C)c1.COc1cc(OC)cc(P(C(C)(C)C)C(C)(C)C)c1.[Cl][Pd][Cl]. The monoisotopic (exact) mass is 740 g/mol. The Morgan fingerprint density at radius 1 is 0.439 bits per heavy atom. The maximum absolute atomic E-state index is 5.40. The van der Waals surface area contributed by atoms with Gasteiger partial charge in [-0.25, -0.2) is 0 Å². The van der Waals surface area contributed by atoms with E-state index < -0.39 is 0 Å². The molecule has 0 spiro atoms. The Labute approximate surface area is 270 Å². The van der Waals surface area contributed by atoms with Gasteiger partial charge in [-0.3, -0.25) is 0 Å². The van der Waals surface area contributed by atoms with Gasteiger partial charge in [-0.05, 0) is 55.5 Å². The van der Waals surface area contributed by atoms with E-state index in [-0.39, 0.29) is 52.4 Å². The van der Waals surface area contributed by atoms with Crippen LogP contribution in [0.4, 0.5) is 0 Å². The summed E-state index contributed by atoms with van der Waals surface area (Å²) in [6.45, 7) is 27.8. The van der Waals surface area contributed by atoms with Gasteiger partial charge in [-0.15, -0.1) is 0 Å². The van der Waals surface area contributed by atoms with Gasteiger partial charge in [0.15, 0.2) is 0 Å². The molecule has 0 fully saturated rings. The van der Waals surface area contributed by atoms with Crippen LogP contribution in [0.2, 0.25) is 0 Å². The van der Waals surface area contributed by atoms with Crippen LogP contribution in [0.25, 0.3) is 0 Å². The summed E-state index contributed by atoms with van der Waals surface area (Å²) < 4.78 is 21.6. The molecule has 0 unspecified atom stereocenters. The molecule has 0 radical (unpaired) electrons. The van der Waals surface area contributed by atoms with Gasteiger partial charge in [0, 0.05) is 12.1 Å². The first-order valence-electron chi connectivity index (χ1n) is 13.5. The van der Waals surface area contributed by atoms with E-state index in [0.717, 1.165) is 23.0 Å². The van der Waals surface area contributed by atoms with E-state index in [9.17, 15) is 0 Å². The molecule has 2 aromatic carbocycles. The fraction of sp³-hybridized carbons (Fsp3) is 0.625. The van der Waals surface area contributed by atoms with Gasteiger partial charge in [-0.1, -0.05) is 98.9 Å². The molecule has 2 aromatic rings. The molecule has 0 saturated carbocycles. The van der Waals surface area contributed by atoms with Crippen LogP contribution < -0.4 is 29.6 Å². The Morgan fingerprint density at radius 3 is 0.732 bits per heavy atom. The molecular formula is C32H54Cl2O4P2Pd. The van der Waals surface area contributed by atoms with Gasteiger partial charge in [0.05, 0.1) is 28.4 Å². The van der Waals surface area contributed by atoms with E-state index in [4.69, 9.17) is 38.0 Å². The van der Waals surface area contributed by atoms with Crippen LogP contribution in [-0.4, -0.2) is 49.1 Å². The normalized spacial score (nSPS) is 12.3. The zero-order valence-corrected chi connectivity index (χ0v) is 32.9. The standard InChI is InChI=1S/2C16H27O2P.2ClH.Pd/c2*1-15(2,3)19(16(4,5)6)14-10-12(17-7)9-13(11-14)18-8;;;/h2*9-11H,1-8H3;2*1H;/q;;;;+2/p-2. The Hall–Kier alpha value is -0.258. The van der Waals surface area contributed by atoms with Crippen LogP contribution in [0.15, 0.2) is 36.4 Å². The zero-order valence-electron chi connectivity index (χ0n) is 28.1. The summed E-state index contributed by atoms with van der Waals surface area (Å²) in [5.74, 6) is 3.48. The fourth-order valence-corrected chi connectivity index (χ4v) is 13.6. The summed E-state index contributed by atoms with van der Waals surface area (Å²) in [4.78, 5) is 0. The van der Waals surface area contributed by atoms with E-state index in [1.165, 1.54) is 10.6 Å². The molecule has 4 nitrogen and oxygen atoms in total. The molecule has 0 atom stereocenters. The number of halogens is 2. The number of rotatable bonds is 6. The molecule has 0 aliphatic carbocycles. The Bertz CT molecular complexity index is 900. The predicted molar refractivity (Wildman–Crippen MR) is 183 cm³/mol. The van der Waals surface area contributed by atoms with E-state index in [1.807, 2.05) is 12.1 Å². The minimum atomic E-state index is -0.342. The third kappa shape index (κ3) is 13.9. The number of hydrogen-bond donors (Lipinski definition) is 0. The molecule has 41 heavy (non-hydrogen) atoms. The third-order valence-corrected chi connectivity index (χ3v) is 12.8. The predicted octanol–water partition coefficient (Wildman–Crippen LogP) is 10.2. The molecule has 0 saturated heterocycles. The van der Waals surface area contributed by atoms with Gasteiger partial charge >= 0.3 is 35.0 Å². The molecule has 0 aromatic heterocycles. The van der Waals surface area contributed by atoms with E-state index in [2.05, 4.69) is 107 Å². The maximum atomic E-state index is 5.40. The van der Waals surface area contributed by atoms with Crippen molar-refractivity contribution in [3.05, 3.63) is 36.4 Å². The quantitative estimate of drug-likeness (QED) is 0.218. The van der Waals surface area contributed by atoms with Gasteiger partial charge in [0.25, 0.3) is 0 Å². The summed E-state index contributed by atoms with van der Waals surface area (Å²) in [6, 6.07) is 12.5. The number of ether oxygens (including phenoxy) is 4. The van der Waals surface area contributed by atoms with Crippen LogP contribution in [0.5, 0.6) is 23.0 Å². The molecule has 0 aliphatic rings. The van der Waals surface area contributed by atoms with Crippen LogP contribution in [0.1, 0.15) is 83.1 Å². The molecule has 0 bridgehead atoms. The second-order valence-electron chi connectivity index (χ2n) is 13.5. The summed E-state index contributed by atoms with van der Waals surface area (Å²) in [6.07, 6.45) is 0. The van der Waals surface area contributed by atoms with Crippen LogP contribution in [-0.2, 0) is 15.9 Å². The van der Waals surface area contributed by atoms with Crippen molar-refractivity contribution >= 4 is 45.5 Å². The first-order valence-corrected chi connectivity index (χ1v) is 20.2. The molecule has 0 N–H and O–H groups in total. The summed E-state index contributed by atoms with van der Waals surface area (Å²) >= 11 is -0.106. The van der Waals surface area contributed by atoms with Crippen molar-refractivity contribution in [2.75, 3.05) is 28.4 Å². The van der Waals surface area contributed by atoms with Gasteiger partial charge in [-0.2, -0.15) is 0 Å². The first kappa shape index (κ1) is 40.7. The van der Waals surface area contributed by atoms with Crippen LogP contribution >= 0.6 is 34.9 Å². The molecule has 0 amide bonds. The molecule has 2 rings (SSSR count). The number of benzene rings is 2. The van der Waals surface area contributed by atoms with Crippen LogP contribution in [0, 0.1) is 0 Å². The second-order valence-corrected chi connectivity index (χ2v) is 23.6. The average Bonchev–Trinajstić information content (AvgIpc) is 2.80. The fourth-order valence-electron chi connectivity index (χ4n) is 5.40. The van der Waals surface area contributed by atoms with Gasteiger partial charge in [0.2, 0.25) is 0 Å².